The molecule has 0 saturated heterocycles. The highest BCUT2D eigenvalue weighted by Crippen LogP contribution is 2.18. The number of aliphatic hydroxyl groups excluding tert-OH is 1. The van der Waals surface area contributed by atoms with Crippen LogP contribution in [0, 0.1) is 25.7 Å². The molecule has 0 atom stereocenters. The molecule has 0 aliphatic carbocycles. The van der Waals surface area contributed by atoms with Gasteiger partial charge in [-0.15, -0.1) is 0 Å². The van der Waals surface area contributed by atoms with Gasteiger partial charge in [0.25, 0.3) is 5.91 Å². The van der Waals surface area contributed by atoms with E-state index in [0.29, 0.717) is 17.8 Å². The minimum atomic E-state index is -0.339. The van der Waals surface area contributed by atoms with Crippen LogP contribution in [0.1, 0.15) is 33.8 Å². The van der Waals surface area contributed by atoms with Gasteiger partial charge in [0.1, 0.15) is 0 Å². The fraction of sp³-hybridized carbons (Fsp3) is 0.250. The van der Waals surface area contributed by atoms with E-state index in [1.165, 1.54) is 6.39 Å². The number of benzene rings is 1. The SMILES string of the molecule is Cc1ccc(C#CCCO)cc1NC(=O)c1ocnc1C. The number of amides is 1. The Morgan fingerprint density at radius 3 is 2.90 bits per heavy atom. The number of carbonyl (C=O) groups is 1. The number of rotatable bonds is 3. The van der Waals surface area contributed by atoms with E-state index in [1.807, 2.05) is 19.1 Å². The second-order valence-electron chi connectivity index (χ2n) is 4.53. The zero-order valence-corrected chi connectivity index (χ0v) is 11.9. The maximum Gasteiger partial charge on any atom is 0.293 e. The average Bonchev–Trinajstić information content (AvgIpc) is 2.89. The van der Waals surface area contributed by atoms with Gasteiger partial charge in [-0.05, 0) is 31.5 Å². The minimum Gasteiger partial charge on any atom is -0.438 e. The standard InChI is InChI=1S/C16H16N2O3/c1-11-6-7-13(5-3-4-8-19)9-14(11)18-16(20)15-12(2)17-10-21-15/h6-7,9-10,19H,4,8H2,1-2H3,(H,18,20). The summed E-state index contributed by atoms with van der Waals surface area (Å²) in [4.78, 5) is 16.0. The van der Waals surface area contributed by atoms with Crippen LogP contribution in [-0.2, 0) is 0 Å². The molecule has 0 unspecified atom stereocenters. The normalized spacial score (nSPS) is 9.86. The van der Waals surface area contributed by atoms with Gasteiger partial charge in [-0.2, -0.15) is 0 Å². The van der Waals surface area contributed by atoms with Gasteiger partial charge in [0.05, 0.1) is 12.3 Å². The largest absolute Gasteiger partial charge is 0.438 e. The summed E-state index contributed by atoms with van der Waals surface area (Å²) in [6, 6.07) is 5.55. The molecule has 0 radical (unpaired) electrons. The first-order valence-electron chi connectivity index (χ1n) is 6.53. The Morgan fingerprint density at radius 2 is 2.24 bits per heavy atom. The van der Waals surface area contributed by atoms with Crippen LogP contribution in [0.5, 0.6) is 0 Å². The van der Waals surface area contributed by atoms with E-state index in [-0.39, 0.29) is 18.3 Å². The molecular formula is C16H16N2O3. The molecular weight excluding hydrogens is 268 g/mol. The van der Waals surface area contributed by atoms with Crippen LogP contribution in [-0.4, -0.2) is 22.6 Å². The number of anilines is 1. The van der Waals surface area contributed by atoms with Crippen LogP contribution < -0.4 is 5.32 Å². The number of hydrogen-bond donors (Lipinski definition) is 2. The van der Waals surface area contributed by atoms with Crippen molar-refractivity contribution in [3.63, 3.8) is 0 Å². The van der Waals surface area contributed by atoms with E-state index in [4.69, 9.17) is 9.52 Å². The Bertz CT molecular complexity index is 708. The smallest absolute Gasteiger partial charge is 0.293 e. The summed E-state index contributed by atoms with van der Waals surface area (Å²) in [6.07, 6.45) is 1.67. The monoisotopic (exact) mass is 284 g/mol. The van der Waals surface area contributed by atoms with Crippen molar-refractivity contribution >= 4 is 11.6 Å². The van der Waals surface area contributed by atoms with E-state index in [2.05, 4.69) is 22.1 Å². The van der Waals surface area contributed by atoms with Crippen LogP contribution in [0.3, 0.4) is 0 Å². The molecule has 1 heterocycles. The van der Waals surface area contributed by atoms with Gasteiger partial charge in [0, 0.05) is 17.7 Å². The maximum absolute atomic E-state index is 12.1. The van der Waals surface area contributed by atoms with Crippen molar-refractivity contribution < 1.29 is 14.3 Å². The van der Waals surface area contributed by atoms with E-state index in [9.17, 15) is 4.79 Å². The first kappa shape index (κ1) is 14.8. The van der Waals surface area contributed by atoms with Crippen molar-refractivity contribution in [3.05, 3.63) is 47.2 Å². The highest BCUT2D eigenvalue weighted by molar-refractivity contribution is 6.03. The highest BCUT2D eigenvalue weighted by Gasteiger charge is 2.14. The van der Waals surface area contributed by atoms with Gasteiger partial charge in [-0.25, -0.2) is 4.98 Å². The van der Waals surface area contributed by atoms with Crippen molar-refractivity contribution in [2.45, 2.75) is 20.3 Å². The lowest BCUT2D eigenvalue weighted by Crippen LogP contribution is -2.13. The van der Waals surface area contributed by atoms with Gasteiger partial charge >= 0.3 is 0 Å². The third-order valence-corrected chi connectivity index (χ3v) is 2.91. The molecule has 0 aliphatic rings. The number of aryl methyl sites for hydroxylation is 2. The highest BCUT2D eigenvalue weighted by atomic mass is 16.3. The first-order chi connectivity index (χ1) is 10.1. The molecule has 1 aromatic heterocycles. The fourth-order valence-electron chi connectivity index (χ4n) is 1.75. The zero-order valence-electron chi connectivity index (χ0n) is 11.9. The van der Waals surface area contributed by atoms with Crippen molar-refractivity contribution in [2.24, 2.45) is 0 Å². The summed E-state index contributed by atoms with van der Waals surface area (Å²) < 4.78 is 5.07. The molecule has 1 amide bonds. The fourth-order valence-corrected chi connectivity index (χ4v) is 1.75. The molecule has 0 saturated carbocycles. The Balaban J connectivity index is 2.20. The Hall–Kier alpha value is -2.58. The topological polar surface area (TPSA) is 75.4 Å². The summed E-state index contributed by atoms with van der Waals surface area (Å²) >= 11 is 0. The third-order valence-electron chi connectivity index (χ3n) is 2.91. The van der Waals surface area contributed by atoms with Crippen LogP contribution >= 0.6 is 0 Å². The minimum absolute atomic E-state index is 0.0349. The number of aliphatic hydroxyl groups is 1. The molecule has 2 N–H and O–H groups in total. The number of oxazole rings is 1. The number of carbonyl (C=O) groups excluding carboxylic acids is 1. The van der Waals surface area contributed by atoms with Gasteiger partial charge in [-0.1, -0.05) is 17.9 Å². The van der Waals surface area contributed by atoms with E-state index >= 15 is 0 Å². The lowest BCUT2D eigenvalue weighted by atomic mass is 10.1. The first-order valence-corrected chi connectivity index (χ1v) is 6.53. The van der Waals surface area contributed by atoms with Crippen LogP contribution in [0.15, 0.2) is 29.0 Å². The molecule has 0 fully saturated rings. The van der Waals surface area contributed by atoms with Crippen molar-refractivity contribution in [2.75, 3.05) is 11.9 Å². The molecule has 21 heavy (non-hydrogen) atoms. The second kappa shape index (κ2) is 6.73. The molecule has 5 nitrogen and oxygen atoms in total. The molecule has 0 bridgehead atoms. The predicted octanol–water partition coefficient (Wildman–Crippen LogP) is 2.28. The summed E-state index contributed by atoms with van der Waals surface area (Å²) in [5.41, 5.74) is 2.92. The number of nitrogens with zero attached hydrogens (tertiary/aromatic N) is 1. The number of aromatic nitrogens is 1. The maximum atomic E-state index is 12.1. The zero-order chi connectivity index (χ0) is 15.2. The lowest BCUT2D eigenvalue weighted by Gasteiger charge is -2.07. The molecule has 0 spiro atoms. The third kappa shape index (κ3) is 3.71. The summed E-state index contributed by atoms with van der Waals surface area (Å²) in [5, 5.41) is 11.5. The second-order valence-corrected chi connectivity index (χ2v) is 4.53. The van der Waals surface area contributed by atoms with Gasteiger partial charge in [0.15, 0.2) is 6.39 Å². The quantitative estimate of drug-likeness (QED) is 0.848. The van der Waals surface area contributed by atoms with Crippen molar-refractivity contribution in [1.82, 2.24) is 4.98 Å². The summed E-state index contributed by atoms with van der Waals surface area (Å²) in [5.74, 6) is 5.64. The van der Waals surface area contributed by atoms with Crippen LogP contribution in [0.2, 0.25) is 0 Å². The van der Waals surface area contributed by atoms with Gasteiger partial charge < -0.3 is 14.8 Å². The van der Waals surface area contributed by atoms with E-state index < -0.39 is 0 Å². The molecule has 108 valence electrons. The number of nitrogens with one attached hydrogen (secondary N) is 1. The van der Waals surface area contributed by atoms with Gasteiger partial charge in [-0.3, -0.25) is 4.79 Å². The van der Waals surface area contributed by atoms with E-state index in [0.717, 1.165) is 11.1 Å². The molecule has 2 aromatic rings. The molecule has 1 aromatic carbocycles. The average molecular weight is 284 g/mol. The number of hydrogen-bond acceptors (Lipinski definition) is 4. The molecule has 0 aliphatic heterocycles. The van der Waals surface area contributed by atoms with E-state index in [1.54, 1.807) is 13.0 Å². The molecule has 2 rings (SSSR count). The lowest BCUT2D eigenvalue weighted by molar-refractivity contribution is 0.0996. The Labute approximate surface area is 123 Å². The van der Waals surface area contributed by atoms with Crippen LogP contribution in [0.4, 0.5) is 5.69 Å². The van der Waals surface area contributed by atoms with Gasteiger partial charge in [0.2, 0.25) is 5.76 Å². The summed E-state index contributed by atoms with van der Waals surface area (Å²) in [6.45, 7) is 3.64. The van der Waals surface area contributed by atoms with Crippen molar-refractivity contribution in [1.29, 1.82) is 0 Å². The Morgan fingerprint density at radius 1 is 1.43 bits per heavy atom. The molecule has 5 heteroatoms. The summed E-state index contributed by atoms with van der Waals surface area (Å²) in [7, 11) is 0. The predicted molar refractivity (Wildman–Crippen MR) is 79.0 cm³/mol. The van der Waals surface area contributed by atoms with Crippen molar-refractivity contribution in [3.8, 4) is 11.8 Å². The Kier molecular flexibility index (Phi) is 4.75. The van der Waals surface area contributed by atoms with Crippen LogP contribution in [0.25, 0.3) is 0 Å².